The second-order valence-corrected chi connectivity index (χ2v) is 44.4. The fourth-order valence-electron chi connectivity index (χ4n) is 17.3. The highest BCUT2D eigenvalue weighted by Gasteiger charge is 2.47. The lowest BCUT2D eigenvalue weighted by atomic mass is 9.89. The maximum Gasteiger partial charge on any atom is 0.245 e. The molecule has 0 aromatic heterocycles. The van der Waals surface area contributed by atoms with E-state index in [0.717, 1.165) is 16.8 Å². The molecule has 0 spiro atoms. The van der Waals surface area contributed by atoms with E-state index < -0.39 is 125 Å². The van der Waals surface area contributed by atoms with Gasteiger partial charge < -0.3 is 74.5 Å². The van der Waals surface area contributed by atoms with Crippen LogP contribution in [0.1, 0.15) is 185 Å². The molecule has 2 heterocycles. The normalized spacial score (nSPS) is 20.4. The largest absolute Gasteiger partial charge is 0.428 e. The molecule has 4 rings (SSSR count). The van der Waals surface area contributed by atoms with E-state index in [2.05, 4.69) is 34.4 Å². The number of likely N-dealkylation sites (tertiary alicyclic amines) is 2. The number of nitrogens with zero attached hydrogens (tertiary/aromatic N) is 6. The first-order valence-corrected chi connectivity index (χ1v) is 47.9. The van der Waals surface area contributed by atoms with E-state index in [9.17, 15) is 48.3 Å². The van der Waals surface area contributed by atoms with Gasteiger partial charge in [0.25, 0.3) is 0 Å². The molecule has 1 unspecified atom stereocenters. The maximum atomic E-state index is 14.7. The number of hydrogen-bond acceptors (Lipinski definition) is 17. The zero-order valence-electron chi connectivity index (χ0n) is 74.6. The molecule has 8 amide bonds. The molecule has 6 N–H and O–H groups in total. The predicted octanol–water partition coefficient (Wildman–Crippen LogP) is 8.80. The summed E-state index contributed by atoms with van der Waals surface area (Å²) in [6, 6.07) is 12.9. The van der Waals surface area contributed by atoms with E-state index in [1.54, 1.807) is 83.2 Å². The average Bonchev–Trinajstić information content (AvgIpc) is 1.35. The molecule has 2 saturated heterocycles. The molecule has 2 aliphatic rings. The zero-order chi connectivity index (χ0) is 85.6. The molecule has 0 bridgehead atoms. The standard InChI is InChI=1S/C86H152N10O15Si2/c1-30-56(11)75(93(21)85(104)71(52(3)4)89-83(102)73(54(7)8)91(17)18)67(107-23)49-69(97)95-45-35-39-65(95)78(109-25)58(13)81(100)87-60(15)77(99)62-41-43-64(44-42-62)113(29,106)48-47-112(27,28)51-111-80(63-37-33-32-34-38-63)61(16)88-82(101)59(14)79(110-26)66-40-36-46-96(66)70(98)50-68(108-24)76(57(12)31-2)94(22)86(105)72(53(5)6)90-84(103)74(55(9)10)92(19)20/h32-34,37-38,41-44,52-61,65-68,71-80,99,106H,30-31,35-36,39-40,45-51H2,1-29H3,(H,87,100)(H,88,101)(H,89,102)(H,90,103)/t56-,57-,58+,59+,60+,61+,65-,66-,67+,68+,71-,72-,73-,74-,75-,76-,77+,78-,79-,80+,113?/m0/s1. The number of nitrogens with one attached hydrogen (secondary N) is 4. The fourth-order valence-corrected chi connectivity index (χ4v) is 23.9. The van der Waals surface area contributed by atoms with Crippen LogP contribution in [-0.2, 0) is 62.0 Å². The summed E-state index contributed by atoms with van der Waals surface area (Å²) in [7, 11) is 11.8. The second kappa shape index (κ2) is 45.9. The highest BCUT2D eigenvalue weighted by Crippen LogP contribution is 2.35. The van der Waals surface area contributed by atoms with Crippen molar-refractivity contribution < 1.29 is 71.9 Å². The number of rotatable bonds is 47. The SMILES string of the molecule is CC[C@H](C)[C@@H]([C@@H](CC(=O)N1CCC[C@H]1[C@@H](OC)[C@@H](C)C(=O)N[C@H](C)[C@@H](O)c1ccc([Si](C)(O)CC[Si](C)(C)CO[C@@H](c2ccccc2)[C@@H](C)NC(=O)[C@H](C)[C@H](OC)[C@@H]2CCCN2C(=O)C[C@@H](OC)[C@H]([C@@H](C)CC)N(C)C(=O)[C@@H](NC(=O)[C@H](C(C)C)N(C)C)C(C)C)cc1)OC)N(C)C(=O)[C@@H](NC(=O)[C@H](C(C)C)N(C)C)C(C)C. The smallest absolute Gasteiger partial charge is 0.245 e. The Hall–Kier alpha value is -5.73. The molecule has 0 aliphatic carbocycles. The van der Waals surface area contributed by atoms with E-state index in [1.807, 2.05) is 189 Å². The number of aliphatic hydroxyl groups excluding tert-OH is 1. The number of benzene rings is 2. The van der Waals surface area contributed by atoms with Crippen molar-refractivity contribution in [2.24, 2.45) is 47.3 Å². The summed E-state index contributed by atoms with van der Waals surface area (Å²) in [5.74, 6) is -3.86. The third-order valence-electron chi connectivity index (χ3n) is 24.5. The zero-order valence-corrected chi connectivity index (χ0v) is 76.6. The van der Waals surface area contributed by atoms with Gasteiger partial charge in [-0.15, -0.1) is 0 Å². The Bertz CT molecular complexity index is 3280. The Balaban J connectivity index is 1.40. The van der Waals surface area contributed by atoms with Gasteiger partial charge in [-0.3, -0.25) is 48.2 Å². The van der Waals surface area contributed by atoms with Gasteiger partial charge in [0.05, 0.1) is 112 Å². The minimum absolute atomic E-state index is 0.00844. The molecule has 25 nitrogen and oxygen atoms in total. The van der Waals surface area contributed by atoms with Gasteiger partial charge in [-0.1, -0.05) is 184 Å². The highest BCUT2D eigenvalue weighted by molar-refractivity contribution is 6.87. The number of carbonyl (C=O) groups is 8. The molecule has 2 fully saturated rings. The van der Waals surface area contributed by atoms with E-state index in [-0.39, 0.29) is 95.6 Å². The Morgan fingerprint density at radius 2 is 0.894 bits per heavy atom. The first-order valence-electron chi connectivity index (χ1n) is 41.8. The van der Waals surface area contributed by atoms with Crippen LogP contribution in [0.4, 0.5) is 0 Å². The van der Waals surface area contributed by atoms with Crippen LogP contribution in [0.25, 0.3) is 0 Å². The Kier molecular flexibility index (Phi) is 40.4. The minimum Gasteiger partial charge on any atom is -0.428 e. The van der Waals surface area contributed by atoms with Crippen LogP contribution in [0.5, 0.6) is 0 Å². The van der Waals surface area contributed by atoms with E-state index in [4.69, 9.17) is 23.7 Å². The first-order chi connectivity index (χ1) is 52.8. The lowest BCUT2D eigenvalue weighted by molar-refractivity contribution is -0.148. The van der Waals surface area contributed by atoms with Gasteiger partial charge in [-0.25, -0.2) is 0 Å². The molecule has 0 radical (unpaired) electrons. The lowest BCUT2D eigenvalue weighted by Gasteiger charge is -2.41. The van der Waals surface area contributed by atoms with Crippen LogP contribution in [0, 0.1) is 47.3 Å². The molecular weight excluding hydrogens is 1470 g/mol. The minimum atomic E-state index is -3.06. The summed E-state index contributed by atoms with van der Waals surface area (Å²) in [6.07, 6.45) is 0.122. The average molecular weight is 1620 g/mol. The van der Waals surface area contributed by atoms with Crippen molar-refractivity contribution in [2.75, 3.05) is 90.0 Å². The van der Waals surface area contributed by atoms with Crippen molar-refractivity contribution in [3.63, 3.8) is 0 Å². The van der Waals surface area contributed by atoms with Gasteiger partial charge in [0.2, 0.25) is 55.6 Å². The van der Waals surface area contributed by atoms with E-state index >= 15 is 0 Å². The number of ether oxygens (including phenoxy) is 5. The van der Waals surface area contributed by atoms with Gasteiger partial charge in [0.15, 0.2) is 0 Å². The quantitative estimate of drug-likeness (QED) is 0.0337. The van der Waals surface area contributed by atoms with Gasteiger partial charge in [0, 0.05) is 61.9 Å². The third-order valence-corrected chi connectivity index (χ3v) is 30.4. The number of amides is 8. The van der Waals surface area contributed by atoms with Crippen molar-refractivity contribution in [1.29, 1.82) is 0 Å². The Morgan fingerprint density at radius 3 is 1.24 bits per heavy atom. The molecule has 27 heteroatoms. The third kappa shape index (κ3) is 26.9. The first kappa shape index (κ1) is 99.6. The van der Waals surface area contributed by atoms with Gasteiger partial charge >= 0.3 is 0 Å². The van der Waals surface area contributed by atoms with Crippen LogP contribution >= 0.6 is 0 Å². The lowest BCUT2D eigenvalue weighted by Crippen LogP contribution is -2.59. The number of carbonyl (C=O) groups excluding carboxylic acids is 8. The summed E-state index contributed by atoms with van der Waals surface area (Å²) >= 11 is 0. The van der Waals surface area contributed by atoms with Crippen molar-refractivity contribution in [3.8, 4) is 0 Å². The fraction of sp³-hybridized carbons (Fsp3) is 0.767. The summed E-state index contributed by atoms with van der Waals surface area (Å²) in [5, 5.41) is 25.0. The highest BCUT2D eigenvalue weighted by atomic mass is 28.4. The van der Waals surface area contributed by atoms with Gasteiger partial charge in [-0.05, 0) is 132 Å². The van der Waals surface area contributed by atoms with E-state index in [0.29, 0.717) is 69.5 Å². The predicted molar refractivity (Wildman–Crippen MR) is 453 cm³/mol. The van der Waals surface area contributed by atoms with E-state index in [1.165, 1.54) is 0 Å². The van der Waals surface area contributed by atoms with Crippen LogP contribution in [0.15, 0.2) is 54.6 Å². The van der Waals surface area contributed by atoms with Crippen LogP contribution in [0.2, 0.25) is 31.7 Å². The van der Waals surface area contributed by atoms with Crippen LogP contribution in [-0.4, -0.2) is 278 Å². The summed E-state index contributed by atoms with van der Waals surface area (Å²) in [4.78, 5) is 137. The van der Waals surface area contributed by atoms with Crippen molar-refractivity contribution in [3.05, 3.63) is 65.7 Å². The molecular formula is C86H152N10O15Si2. The molecule has 21 atom stereocenters. The summed E-state index contributed by atoms with van der Waals surface area (Å²) in [6.45, 7) is 38.3. The Labute approximate surface area is 682 Å². The second-order valence-electron chi connectivity index (χ2n) is 35.7. The molecule has 2 aliphatic heterocycles. The van der Waals surface area contributed by atoms with Crippen molar-refractivity contribution >= 4 is 68.8 Å². The topological polar surface area (TPSA) is 291 Å². The van der Waals surface area contributed by atoms with Gasteiger partial charge in [0.1, 0.15) is 18.2 Å². The van der Waals surface area contributed by atoms with Crippen molar-refractivity contribution in [2.45, 2.75) is 291 Å². The van der Waals surface area contributed by atoms with Crippen molar-refractivity contribution in [1.82, 2.24) is 50.7 Å². The molecule has 113 heavy (non-hydrogen) atoms. The molecule has 0 saturated carbocycles. The number of methoxy groups -OCH3 is 4. The number of likely N-dealkylation sites (N-methyl/N-ethyl adjacent to an activating group) is 4. The summed E-state index contributed by atoms with van der Waals surface area (Å²) < 4.78 is 31.5. The maximum absolute atomic E-state index is 14.7. The summed E-state index contributed by atoms with van der Waals surface area (Å²) in [5.41, 5.74) is 1.46. The monoisotopic (exact) mass is 1620 g/mol. The van der Waals surface area contributed by atoms with Crippen LogP contribution in [0.3, 0.4) is 0 Å². The van der Waals surface area contributed by atoms with Crippen LogP contribution < -0.4 is 26.5 Å². The molecule has 644 valence electrons. The number of aliphatic hydroxyl groups is 1. The molecule has 2 aromatic rings. The van der Waals surface area contributed by atoms with Gasteiger partial charge in [-0.2, -0.15) is 0 Å². The molecule has 2 aromatic carbocycles. The number of hydrogen-bond donors (Lipinski definition) is 6. The Morgan fingerprint density at radius 1 is 0.504 bits per heavy atom.